The van der Waals surface area contributed by atoms with E-state index in [0.717, 1.165) is 55.6 Å². The molecule has 2 aromatic carbocycles. The summed E-state index contributed by atoms with van der Waals surface area (Å²) in [6.07, 6.45) is 1.88. The Morgan fingerprint density at radius 2 is 1.21 bits per heavy atom. The van der Waals surface area contributed by atoms with Gasteiger partial charge in [-0.25, -0.2) is 0 Å². The van der Waals surface area contributed by atoms with Crippen LogP contribution in [0.2, 0.25) is 0 Å². The average molecular weight is 450 g/mol. The van der Waals surface area contributed by atoms with Gasteiger partial charge in [-0.05, 0) is 36.4 Å². The second-order valence-electron chi connectivity index (χ2n) is 8.89. The number of aromatic amines is 2. The summed E-state index contributed by atoms with van der Waals surface area (Å²) >= 11 is 0. The molecule has 3 aromatic heterocycles. The third kappa shape index (κ3) is 3.81. The number of benzene rings is 2. The van der Waals surface area contributed by atoms with Gasteiger partial charge in [0.05, 0.1) is 11.4 Å². The predicted octanol–water partition coefficient (Wildman–Crippen LogP) is 5.15. The molecule has 7 nitrogen and oxygen atoms in total. The molecule has 0 radical (unpaired) electrons. The Kier molecular flexibility index (Phi) is 5.17. The van der Waals surface area contributed by atoms with E-state index in [1.54, 1.807) is 9.80 Å². The molecule has 5 rings (SSSR count). The van der Waals surface area contributed by atoms with E-state index in [1.165, 1.54) is 0 Å². The van der Waals surface area contributed by atoms with Crippen LogP contribution in [0.25, 0.3) is 44.5 Å². The monoisotopic (exact) mass is 449 g/mol. The Hall–Kier alpha value is -4.39. The summed E-state index contributed by atoms with van der Waals surface area (Å²) in [7, 11) is 7.50. The smallest absolute Gasteiger partial charge is 0.127 e. The van der Waals surface area contributed by atoms with Crippen molar-refractivity contribution in [2.45, 2.75) is 0 Å². The minimum atomic E-state index is 0.476. The minimum Gasteiger partial charge on any atom is -0.363 e. The van der Waals surface area contributed by atoms with Gasteiger partial charge in [0.25, 0.3) is 0 Å². The van der Waals surface area contributed by atoms with E-state index in [2.05, 4.69) is 28.2 Å². The highest BCUT2D eigenvalue weighted by Gasteiger charge is 2.11. The Labute approximate surface area is 198 Å². The molecule has 0 aliphatic carbocycles. The van der Waals surface area contributed by atoms with Crippen molar-refractivity contribution >= 4 is 33.5 Å². The van der Waals surface area contributed by atoms with Crippen molar-refractivity contribution in [2.75, 3.05) is 28.2 Å². The molecule has 34 heavy (non-hydrogen) atoms. The van der Waals surface area contributed by atoms with Crippen LogP contribution in [-0.2, 0) is 0 Å². The summed E-state index contributed by atoms with van der Waals surface area (Å²) in [5.74, 6) is 0.956. The van der Waals surface area contributed by atoms with Gasteiger partial charge in [-0.1, -0.05) is 24.3 Å². The summed E-state index contributed by atoms with van der Waals surface area (Å²) < 4.78 is 0. The van der Waals surface area contributed by atoms with Crippen molar-refractivity contribution in [3.8, 4) is 22.6 Å². The van der Waals surface area contributed by atoms with Crippen LogP contribution in [0.15, 0.2) is 66.9 Å². The fraction of sp³-hybridized carbons (Fsp3) is 0.148. The van der Waals surface area contributed by atoms with Crippen LogP contribution in [0, 0.1) is 10.8 Å². The highest BCUT2D eigenvalue weighted by molar-refractivity contribution is 6.01. The highest BCUT2D eigenvalue weighted by atomic mass is 15.1. The number of pyridine rings is 1. The van der Waals surface area contributed by atoms with Crippen LogP contribution in [-0.4, -0.2) is 64.6 Å². The van der Waals surface area contributed by atoms with Crippen LogP contribution in [0.3, 0.4) is 0 Å². The van der Waals surface area contributed by atoms with Crippen LogP contribution >= 0.6 is 0 Å². The largest absolute Gasteiger partial charge is 0.363 e. The van der Waals surface area contributed by atoms with Gasteiger partial charge in [-0.15, -0.1) is 0 Å². The number of H-pyrrole nitrogens is 2. The number of amidine groups is 2. The number of nitrogens with one attached hydrogen (secondary N) is 4. The first-order valence-electron chi connectivity index (χ1n) is 11.0. The summed E-state index contributed by atoms with van der Waals surface area (Å²) in [6, 6.07) is 20.3. The first kappa shape index (κ1) is 21.5. The highest BCUT2D eigenvalue weighted by Crippen LogP contribution is 2.28. The number of fused-ring (bicyclic) bond motifs is 2. The van der Waals surface area contributed by atoms with E-state index in [1.807, 2.05) is 76.9 Å². The summed E-state index contributed by atoms with van der Waals surface area (Å²) in [4.78, 5) is 15.2. The number of hydrogen-bond donors (Lipinski definition) is 4. The molecule has 0 saturated heterocycles. The molecule has 5 aromatic rings. The quantitative estimate of drug-likeness (QED) is 0.225. The molecule has 0 saturated carbocycles. The van der Waals surface area contributed by atoms with Crippen molar-refractivity contribution in [3.05, 3.63) is 78.0 Å². The zero-order valence-electron chi connectivity index (χ0n) is 19.7. The van der Waals surface area contributed by atoms with Crippen molar-refractivity contribution in [1.29, 1.82) is 10.8 Å². The van der Waals surface area contributed by atoms with Gasteiger partial charge in [0.15, 0.2) is 0 Å². The third-order valence-corrected chi connectivity index (χ3v) is 6.04. The first-order valence-corrected chi connectivity index (χ1v) is 11.0. The lowest BCUT2D eigenvalue weighted by Gasteiger charge is -2.13. The van der Waals surface area contributed by atoms with Gasteiger partial charge in [0.2, 0.25) is 0 Å². The maximum absolute atomic E-state index is 8.21. The molecular weight excluding hydrogens is 422 g/mol. The summed E-state index contributed by atoms with van der Waals surface area (Å²) in [5.41, 5.74) is 7.53. The second-order valence-corrected chi connectivity index (χ2v) is 8.89. The van der Waals surface area contributed by atoms with Crippen LogP contribution in [0.4, 0.5) is 0 Å². The number of hydrogen-bond acceptors (Lipinski definition) is 3. The lowest BCUT2D eigenvalue weighted by molar-refractivity contribution is 0.619. The van der Waals surface area contributed by atoms with E-state index < -0.39 is 0 Å². The SMILES string of the molecule is CN(C)C(=N)c1ccc2cc(-c3ccc(-c4cc5ccc(C(=N)N(C)C)cc5[nH]4)nc3)[nH]c2c1. The molecule has 0 atom stereocenters. The standard InChI is InChI=1S/C27H27N7/c1-33(2)26(28)18-7-5-16-11-24(31-22(16)13-18)20-9-10-21(30-15-20)25-12-17-6-8-19(14-23(17)32-25)27(29)34(3)4/h5-15,28-29,31-32H,1-4H3. The minimum absolute atomic E-state index is 0.476. The second kappa shape index (κ2) is 8.19. The molecule has 0 spiro atoms. The maximum atomic E-state index is 8.21. The lowest BCUT2D eigenvalue weighted by atomic mass is 10.1. The predicted molar refractivity (Wildman–Crippen MR) is 140 cm³/mol. The zero-order chi connectivity index (χ0) is 24.0. The van der Waals surface area contributed by atoms with Crippen LogP contribution < -0.4 is 0 Å². The molecule has 7 heteroatoms. The van der Waals surface area contributed by atoms with Crippen molar-refractivity contribution < 1.29 is 0 Å². The van der Waals surface area contributed by atoms with Gasteiger partial charge >= 0.3 is 0 Å². The topological polar surface area (TPSA) is 98.7 Å². The molecule has 0 unspecified atom stereocenters. The maximum Gasteiger partial charge on any atom is 0.127 e. The molecule has 0 aliphatic rings. The average Bonchev–Trinajstić information content (AvgIpc) is 3.46. The Balaban J connectivity index is 1.43. The molecule has 0 bridgehead atoms. The molecule has 0 fully saturated rings. The van der Waals surface area contributed by atoms with Crippen molar-refractivity contribution in [3.63, 3.8) is 0 Å². The first-order chi connectivity index (χ1) is 16.3. The molecule has 0 amide bonds. The fourth-order valence-electron chi connectivity index (χ4n) is 4.07. The molecule has 0 aliphatic heterocycles. The van der Waals surface area contributed by atoms with Gasteiger partial charge in [-0.3, -0.25) is 15.8 Å². The number of nitrogens with zero attached hydrogens (tertiary/aromatic N) is 3. The number of aromatic nitrogens is 3. The molecular formula is C27H27N7. The molecule has 3 heterocycles. The van der Waals surface area contributed by atoms with E-state index in [4.69, 9.17) is 15.8 Å². The van der Waals surface area contributed by atoms with Crippen molar-refractivity contribution in [2.24, 2.45) is 0 Å². The van der Waals surface area contributed by atoms with Gasteiger partial charge in [0.1, 0.15) is 11.7 Å². The van der Waals surface area contributed by atoms with E-state index in [9.17, 15) is 0 Å². The Morgan fingerprint density at radius 3 is 1.71 bits per heavy atom. The molecule has 170 valence electrons. The Morgan fingerprint density at radius 1 is 0.676 bits per heavy atom. The normalized spacial score (nSPS) is 11.2. The summed E-state index contributed by atoms with van der Waals surface area (Å²) in [5, 5.41) is 18.6. The van der Waals surface area contributed by atoms with E-state index in [-0.39, 0.29) is 0 Å². The van der Waals surface area contributed by atoms with Crippen molar-refractivity contribution in [1.82, 2.24) is 24.8 Å². The van der Waals surface area contributed by atoms with E-state index >= 15 is 0 Å². The third-order valence-electron chi connectivity index (χ3n) is 6.04. The zero-order valence-corrected chi connectivity index (χ0v) is 19.7. The fourth-order valence-corrected chi connectivity index (χ4v) is 4.07. The lowest BCUT2D eigenvalue weighted by Crippen LogP contribution is -2.21. The van der Waals surface area contributed by atoms with Crippen LogP contribution in [0.5, 0.6) is 0 Å². The molecule has 4 N–H and O–H groups in total. The van der Waals surface area contributed by atoms with Gasteiger partial charge in [0, 0.05) is 78.6 Å². The summed E-state index contributed by atoms with van der Waals surface area (Å²) in [6.45, 7) is 0. The van der Waals surface area contributed by atoms with Gasteiger partial charge in [-0.2, -0.15) is 0 Å². The number of rotatable bonds is 4. The Bertz CT molecular complexity index is 1420. The van der Waals surface area contributed by atoms with Crippen LogP contribution in [0.1, 0.15) is 11.1 Å². The van der Waals surface area contributed by atoms with E-state index in [0.29, 0.717) is 11.7 Å². The van der Waals surface area contributed by atoms with Gasteiger partial charge < -0.3 is 19.8 Å².